The number of aliphatic hydroxyl groups is 1. The summed E-state index contributed by atoms with van der Waals surface area (Å²) in [5.74, 6) is 0. The van der Waals surface area contributed by atoms with Crippen LogP contribution in [0.2, 0.25) is 0 Å². The van der Waals surface area contributed by atoms with Crippen LogP contribution in [0.4, 0.5) is 0 Å². The minimum absolute atomic E-state index is 0.579. The zero-order valence-electron chi connectivity index (χ0n) is 11.4. The van der Waals surface area contributed by atoms with Gasteiger partial charge in [-0.3, -0.25) is 0 Å². The monoisotopic (exact) mass is 386 g/mol. The van der Waals surface area contributed by atoms with Crippen LogP contribution in [-0.4, -0.2) is 5.11 Å². The Labute approximate surface area is 138 Å². The molecule has 0 saturated carbocycles. The van der Waals surface area contributed by atoms with Crippen LogP contribution in [0.1, 0.15) is 17.2 Å². The van der Waals surface area contributed by atoms with Crippen LogP contribution in [0.5, 0.6) is 0 Å². The molecule has 1 unspecified atom stereocenters. The van der Waals surface area contributed by atoms with Gasteiger partial charge in [0, 0.05) is 3.57 Å². The van der Waals surface area contributed by atoms with Gasteiger partial charge in [0.1, 0.15) is 6.10 Å². The normalized spacial score (nSPS) is 12.1. The molecule has 0 fully saturated rings. The summed E-state index contributed by atoms with van der Waals surface area (Å²) in [6, 6.07) is 26.3. The van der Waals surface area contributed by atoms with Crippen LogP contribution < -0.4 is 0 Å². The van der Waals surface area contributed by atoms with Gasteiger partial charge in [-0.05, 0) is 57.0 Å². The maximum absolute atomic E-state index is 10.5. The number of hydrogen-bond acceptors (Lipinski definition) is 1. The summed E-state index contributed by atoms with van der Waals surface area (Å²) in [6.45, 7) is 0. The number of hydrogen-bond donors (Lipinski definition) is 1. The van der Waals surface area contributed by atoms with E-state index in [2.05, 4.69) is 46.9 Å². The van der Waals surface area contributed by atoms with E-state index in [0.29, 0.717) is 0 Å². The van der Waals surface area contributed by atoms with Crippen molar-refractivity contribution in [1.82, 2.24) is 0 Å². The molecule has 1 nitrogen and oxygen atoms in total. The Morgan fingerprint density at radius 3 is 2.00 bits per heavy atom. The third-order valence-electron chi connectivity index (χ3n) is 3.50. The van der Waals surface area contributed by atoms with E-state index in [9.17, 15) is 5.11 Å². The molecule has 0 aliphatic heterocycles. The predicted octanol–water partition coefficient (Wildman–Crippen LogP) is 5.04. The quantitative estimate of drug-likeness (QED) is 0.626. The summed E-state index contributed by atoms with van der Waals surface area (Å²) < 4.78 is 1.13. The minimum Gasteiger partial charge on any atom is -0.384 e. The topological polar surface area (TPSA) is 20.2 Å². The third-order valence-corrected chi connectivity index (χ3v) is 4.17. The SMILES string of the molecule is OC(c1ccc(-c2ccccc2)cc1)c1cccc(I)c1. The zero-order valence-corrected chi connectivity index (χ0v) is 13.6. The van der Waals surface area contributed by atoms with Gasteiger partial charge >= 0.3 is 0 Å². The Morgan fingerprint density at radius 1 is 0.667 bits per heavy atom. The maximum atomic E-state index is 10.5. The molecule has 1 atom stereocenters. The number of aliphatic hydroxyl groups excluding tert-OH is 1. The minimum atomic E-state index is -0.579. The molecule has 0 amide bonds. The van der Waals surface area contributed by atoms with E-state index in [1.807, 2.05) is 54.6 Å². The summed E-state index contributed by atoms with van der Waals surface area (Å²) in [5, 5.41) is 10.5. The Hall–Kier alpha value is -1.65. The third kappa shape index (κ3) is 3.34. The van der Waals surface area contributed by atoms with E-state index in [0.717, 1.165) is 20.3 Å². The molecular formula is C19H15IO. The first-order valence-electron chi connectivity index (χ1n) is 6.83. The standard InChI is InChI=1S/C19H15IO/c20-18-8-4-7-17(13-18)19(21)16-11-9-15(10-12-16)14-5-2-1-3-6-14/h1-13,19,21H. The zero-order chi connectivity index (χ0) is 14.7. The summed E-state index contributed by atoms with van der Waals surface area (Å²) in [7, 11) is 0. The molecule has 3 aromatic rings. The highest BCUT2D eigenvalue weighted by Gasteiger charge is 2.10. The van der Waals surface area contributed by atoms with Gasteiger partial charge in [-0.2, -0.15) is 0 Å². The lowest BCUT2D eigenvalue weighted by Gasteiger charge is -2.12. The first kappa shape index (κ1) is 14.3. The van der Waals surface area contributed by atoms with Crippen LogP contribution >= 0.6 is 22.6 Å². The fraction of sp³-hybridized carbons (Fsp3) is 0.0526. The predicted molar refractivity (Wildman–Crippen MR) is 95.1 cm³/mol. The summed E-state index contributed by atoms with van der Waals surface area (Å²) in [4.78, 5) is 0. The van der Waals surface area contributed by atoms with Gasteiger partial charge in [0.25, 0.3) is 0 Å². The molecule has 21 heavy (non-hydrogen) atoms. The molecule has 1 N–H and O–H groups in total. The van der Waals surface area contributed by atoms with Crippen molar-refractivity contribution in [1.29, 1.82) is 0 Å². The largest absolute Gasteiger partial charge is 0.384 e. The Morgan fingerprint density at radius 2 is 1.33 bits per heavy atom. The molecule has 3 rings (SSSR count). The second-order valence-electron chi connectivity index (χ2n) is 4.95. The number of rotatable bonds is 3. The van der Waals surface area contributed by atoms with Crippen LogP contribution in [0.25, 0.3) is 11.1 Å². The van der Waals surface area contributed by atoms with Gasteiger partial charge in [0.05, 0.1) is 0 Å². The van der Waals surface area contributed by atoms with E-state index in [1.165, 1.54) is 5.56 Å². The van der Waals surface area contributed by atoms with Gasteiger partial charge in [0.2, 0.25) is 0 Å². The molecule has 0 aromatic heterocycles. The highest BCUT2D eigenvalue weighted by atomic mass is 127. The van der Waals surface area contributed by atoms with Gasteiger partial charge in [-0.1, -0.05) is 66.7 Å². The fourth-order valence-corrected chi connectivity index (χ4v) is 2.92. The van der Waals surface area contributed by atoms with Gasteiger partial charge in [0.15, 0.2) is 0 Å². The van der Waals surface area contributed by atoms with Gasteiger partial charge in [-0.25, -0.2) is 0 Å². The van der Waals surface area contributed by atoms with Gasteiger partial charge in [-0.15, -0.1) is 0 Å². The molecule has 0 heterocycles. The summed E-state index contributed by atoms with van der Waals surface area (Å²) in [6.07, 6.45) is -0.579. The second kappa shape index (κ2) is 6.41. The summed E-state index contributed by atoms with van der Waals surface area (Å²) in [5.41, 5.74) is 4.19. The lowest BCUT2D eigenvalue weighted by Crippen LogP contribution is -1.99. The van der Waals surface area contributed by atoms with Crippen molar-refractivity contribution in [2.45, 2.75) is 6.10 Å². The second-order valence-corrected chi connectivity index (χ2v) is 6.19. The molecule has 0 bridgehead atoms. The highest BCUT2D eigenvalue weighted by molar-refractivity contribution is 14.1. The molecule has 0 spiro atoms. The highest BCUT2D eigenvalue weighted by Crippen LogP contribution is 2.26. The van der Waals surface area contributed by atoms with Crippen molar-refractivity contribution in [3.05, 3.63) is 93.6 Å². The van der Waals surface area contributed by atoms with Crippen LogP contribution in [0, 0.1) is 3.57 Å². The first-order valence-corrected chi connectivity index (χ1v) is 7.91. The van der Waals surface area contributed by atoms with Crippen molar-refractivity contribution in [3.8, 4) is 11.1 Å². The fourth-order valence-electron chi connectivity index (χ4n) is 2.36. The molecular weight excluding hydrogens is 371 g/mol. The molecule has 0 aliphatic rings. The van der Waals surface area contributed by atoms with Crippen molar-refractivity contribution < 1.29 is 5.11 Å². The van der Waals surface area contributed by atoms with E-state index in [-0.39, 0.29) is 0 Å². The average molecular weight is 386 g/mol. The number of halogens is 1. The van der Waals surface area contributed by atoms with Crippen LogP contribution in [0.15, 0.2) is 78.9 Å². The first-order chi connectivity index (χ1) is 10.2. The molecule has 3 aromatic carbocycles. The van der Waals surface area contributed by atoms with Crippen molar-refractivity contribution in [3.63, 3.8) is 0 Å². The van der Waals surface area contributed by atoms with Gasteiger partial charge < -0.3 is 5.11 Å². The number of benzene rings is 3. The smallest absolute Gasteiger partial charge is 0.104 e. The van der Waals surface area contributed by atoms with E-state index < -0.39 is 6.10 Å². The lowest BCUT2D eigenvalue weighted by atomic mass is 9.98. The molecule has 0 saturated heterocycles. The van der Waals surface area contributed by atoms with Crippen molar-refractivity contribution in [2.24, 2.45) is 0 Å². The van der Waals surface area contributed by atoms with Crippen LogP contribution in [0.3, 0.4) is 0 Å². The molecule has 0 radical (unpaired) electrons. The van der Waals surface area contributed by atoms with Crippen molar-refractivity contribution >= 4 is 22.6 Å². The van der Waals surface area contributed by atoms with Crippen molar-refractivity contribution in [2.75, 3.05) is 0 Å². The Bertz CT molecular complexity index is 720. The van der Waals surface area contributed by atoms with E-state index in [1.54, 1.807) is 0 Å². The average Bonchev–Trinajstić information content (AvgIpc) is 2.55. The lowest BCUT2D eigenvalue weighted by molar-refractivity contribution is 0.220. The van der Waals surface area contributed by atoms with E-state index >= 15 is 0 Å². The van der Waals surface area contributed by atoms with Crippen LogP contribution in [-0.2, 0) is 0 Å². The molecule has 2 heteroatoms. The molecule has 0 aliphatic carbocycles. The maximum Gasteiger partial charge on any atom is 0.104 e. The molecule has 104 valence electrons. The Kier molecular flexibility index (Phi) is 4.36. The van der Waals surface area contributed by atoms with E-state index in [4.69, 9.17) is 0 Å². The Balaban J connectivity index is 1.87. The summed E-state index contributed by atoms with van der Waals surface area (Å²) >= 11 is 2.26.